The van der Waals surface area contributed by atoms with E-state index in [2.05, 4.69) is 0 Å². The molecule has 6 nitrogen and oxygen atoms in total. The first-order valence-electron chi connectivity index (χ1n) is 9.60. The fourth-order valence-electron chi connectivity index (χ4n) is 3.53. The van der Waals surface area contributed by atoms with Gasteiger partial charge >= 0.3 is 5.97 Å². The lowest BCUT2D eigenvalue weighted by molar-refractivity contribution is -0.139. The van der Waals surface area contributed by atoms with E-state index in [1.54, 1.807) is 30.5 Å². The SMILES string of the molecule is COC(=O)Cc1cccc(-c2cn(S(=O)(=O)c3ccc(OC)cc3)c3ccccc23)c1. The molecule has 0 aliphatic carbocycles. The van der Waals surface area contributed by atoms with E-state index >= 15 is 0 Å². The van der Waals surface area contributed by atoms with Crippen molar-refractivity contribution in [3.8, 4) is 16.9 Å². The molecular weight excluding hydrogens is 414 g/mol. The number of rotatable bonds is 6. The van der Waals surface area contributed by atoms with E-state index in [1.165, 1.54) is 30.3 Å². The molecule has 0 spiro atoms. The van der Waals surface area contributed by atoms with E-state index in [4.69, 9.17) is 9.47 Å². The molecule has 4 aromatic rings. The van der Waals surface area contributed by atoms with Crippen molar-refractivity contribution < 1.29 is 22.7 Å². The molecule has 1 aromatic heterocycles. The number of hydrogen-bond donors (Lipinski definition) is 0. The van der Waals surface area contributed by atoms with Gasteiger partial charge in [0.1, 0.15) is 5.75 Å². The van der Waals surface area contributed by atoms with Gasteiger partial charge in [-0.15, -0.1) is 0 Å². The van der Waals surface area contributed by atoms with Crippen molar-refractivity contribution in [2.75, 3.05) is 14.2 Å². The van der Waals surface area contributed by atoms with Crippen LogP contribution in [-0.2, 0) is 26.0 Å². The summed E-state index contributed by atoms with van der Waals surface area (Å²) in [7, 11) is -0.941. The normalized spacial score (nSPS) is 11.4. The molecule has 1 heterocycles. The first-order valence-corrected chi connectivity index (χ1v) is 11.0. The molecule has 0 saturated carbocycles. The topological polar surface area (TPSA) is 74.6 Å². The maximum Gasteiger partial charge on any atom is 0.309 e. The number of benzene rings is 3. The minimum Gasteiger partial charge on any atom is -0.497 e. The number of carbonyl (C=O) groups excluding carboxylic acids is 1. The Bertz CT molecular complexity index is 1350. The summed E-state index contributed by atoms with van der Waals surface area (Å²) in [6, 6.07) is 21.1. The molecule has 0 fully saturated rings. The van der Waals surface area contributed by atoms with Gasteiger partial charge in [0, 0.05) is 17.1 Å². The molecule has 3 aromatic carbocycles. The van der Waals surface area contributed by atoms with Crippen LogP contribution in [-0.4, -0.2) is 32.6 Å². The number of para-hydroxylation sites is 1. The van der Waals surface area contributed by atoms with Crippen LogP contribution < -0.4 is 4.74 Å². The van der Waals surface area contributed by atoms with Crippen molar-refractivity contribution in [3.05, 3.63) is 84.6 Å². The second kappa shape index (κ2) is 8.28. The highest BCUT2D eigenvalue weighted by molar-refractivity contribution is 7.90. The van der Waals surface area contributed by atoms with E-state index in [1.807, 2.05) is 36.4 Å². The molecule has 31 heavy (non-hydrogen) atoms. The van der Waals surface area contributed by atoms with Crippen molar-refractivity contribution in [3.63, 3.8) is 0 Å². The summed E-state index contributed by atoms with van der Waals surface area (Å²) >= 11 is 0. The monoisotopic (exact) mass is 435 g/mol. The van der Waals surface area contributed by atoms with Gasteiger partial charge in [-0.25, -0.2) is 12.4 Å². The second-order valence-electron chi connectivity index (χ2n) is 6.99. The first-order chi connectivity index (χ1) is 14.9. The van der Waals surface area contributed by atoms with E-state index in [0.717, 1.165) is 22.1 Å². The van der Waals surface area contributed by atoms with Crippen molar-refractivity contribution >= 4 is 26.9 Å². The average molecular weight is 436 g/mol. The van der Waals surface area contributed by atoms with E-state index < -0.39 is 10.0 Å². The Kier molecular flexibility index (Phi) is 5.52. The summed E-state index contributed by atoms with van der Waals surface area (Å²) in [5.41, 5.74) is 2.95. The van der Waals surface area contributed by atoms with Crippen molar-refractivity contribution in [1.82, 2.24) is 3.97 Å². The Labute approximate surface area is 180 Å². The molecule has 0 saturated heterocycles. The lowest BCUT2D eigenvalue weighted by Crippen LogP contribution is -2.11. The number of ether oxygens (including phenoxy) is 2. The molecule has 7 heteroatoms. The molecule has 4 rings (SSSR count). The van der Waals surface area contributed by atoms with Gasteiger partial charge in [-0.05, 0) is 41.5 Å². The summed E-state index contributed by atoms with van der Waals surface area (Å²) < 4.78 is 38.0. The highest BCUT2D eigenvalue weighted by Gasteiger charge is 2.22. The van der Waals surface area contributed by atoms with Gasteiger partial charge in [0.25, 0.3) is 10.0 Å². The van der Waals surface area contributed by atoms with Gasteiger partial charge < -0.3 is 9.47 Å². The molecule has 0 atom stereocenters. The average Bonchev–Trinajstić information content (AvgIpc) is 3.20. The molecule has 0 amide bonds. The maximum atomic E-state index is 13.4. The molecule has 0 N–H and O–H groups in total. The fraction of sp³-hybridized carbons (Fsp3) is 0.125. The quantitative estimate of drug-likeness (QED) is 0.423. The molecule has 0 radical (unpaired) electrons. The summed E-state index contributed by atoms with van der Waals surface area (Å²) in [5, 5.41) is 0.801. The lowest BCUT2D eigenvalue weighted by Gasteiger charge is -2.08. The molecule has 0 bridgehead atoms. The molecule has 0 unspecified atom stereocenters. The van der Waals surface area contributed by atoms with Gasteiger partial charge in [0.2, 0.25) is 0 Å². The van der Waals surface area contributed by atoms with Gasteiger partial charge in [-0.2, -0.15) is 0 Å². The molecular formula is C24H21NO5S. The van der Waals surface area contributed by atoms with E-state index in [9.17, 15) is 13.2 Å². The van der Waals surface area contributed by atoms with Crippen LogP contribution in [0.15, 0.2) is 83.9 Å². The molecule has 158 valence electrons. The Morgan fingerprint density at radius 3 is 2.39 bits per heavy atom. The second-order valence-corrected chi connectivity index (χ2v) is 8.80. The Balaban J connectivity index is 1.85. The van der Waals surface area contributed by atoms with Crippen molar-refractivity contribution in [1.29, 1.82) is 0 Å². The van der Waals surface area contributed by atoms with Gasteiger partial charge in [-0.3, -0.25) is 4.79 Å². The van der Waals surface area contributed by atoms with Crippen LogP contribution in [0.1, 0.15) is 5.56 Å². The third kappa shape index (κ3) is 3.92. The number of nitrogens with zero attached hydrogens (tertiary/aromatic N) is 1. The smallest absolute Gasteiger partial charge is 0.309 e. The highest BCUT2D eigenvalue weighted by Crippen LogP contribution is 2.33. The highest BCUT2D eigenvalue weighted by atomic mass is 32.2. The predicted molar refractivity (Wildman–Crippen MR) is 119 cm³/mol. The van der Waals surface area contributed by atoms with Gasteiger partial charge in [-0.1, -0.05) is 42.5 Å². The van der Waals surface area contributed by atoms with Gasteiger partial charge in [0.05, 0.1) is 31.1 Å². The number of methoxy groups -OCH3 is 2. The first kappa shape index (κ1) is 20.7. The number of carbonyl (C=O) groups is 1. The zero-order chi connectivity index (χ0) is 22.0. The summed E-state index contributed by atoms with van der Waals surface area (Å²) in [5.74, 6) is 0.251. The van der Waals surface area contributed by atoms with Crippen LogP contribution in [0.2, 0.25) is 0 Å². The molecule has 0 aliphatic heterocycles. The third-order valence-electron chi connectivity index (χ3n) is 5.11. The predicted octanol–water partition coefficient (Wildman–Crippen LogP) is 4.27. The Hall–Kier alpha value is -3.58. The number of fused-ring (bicyclic) bond motifs is 1. The number of hydrogen-bond acceptors (Lipinski definition) is 5. The lowest BCUT2D eigenvalue weighted by atomic mass is 10.0. The van der Waals surface area contributed by atoms with E-state index in [-0.39, 0.29) is 17.3 Å². The Morgan fingerprint density at radius 2 is 1.68 bits per heavy atom. The minimum atomic E-state index is -3.82. The van der Waals surface area contributed by atoms with Crippen LogP contribution >= 0.6 is 0 Å². The van der Waals surface area contributed by atoms with Gasteiger partial charge in [0.15, 0.2) is 0 Å². The summed E-state index contributed by atoms with van der Waals surface area (Å²) in [4.78, 5) is 11.8. The van der Waals surface area contributed by atoms with Crippen LogP contribution in [0.5, 0.6) is 5.75 Å². The molecule has 0 aliphatic rings. The van der Waals surface area contributed by atoms with Crippen LogP contribution in [0.4, 0.5) is 0 Å². The minimum absolute atomic E-state index is 0.146. The number of esters is 1. The van der Waals surface area contributed by atoms with Crippen LogP contribution in [0.3, 0.4) is 0 Å². The number of aromatic nitrogens is 1. The van der Waals surface area contributed by atoms with Crippen LogP contribution in [0.25, 0.3) is 22.0 Å². The van der Waals surface area contributed by atoms with E-state index in [0.29, 0.717) is 11.3 Å². The largest absolute Gasteiger partial charge is 0.497 e. The van der Waals surface area contributed by atoms with Crippen molar-refractivity contribution in [2.24, 2.45) is 0 Å². The van der Waals surface area contributed by atoms with Crippen molar-refractivity contribution in [2.45, 2.75) is 11.3 Å². The fourth-order valence-corrected chi connectivity index (χ4v) is 4.90. The summed E-state index contributed by atoms with van der Waals surface area (Å²) in [6.45, 7) is 0. The maximum absolute atomic E-state index is 13.4. The zero-order valence-electron chi connectivity index (χ0n) is 17.1. The standard InChI is InChI=1S/C24H21NO5S/c1-29-19-10-12-20(13-11-19)31(27,28)25-16-22(21-8-3-4-9-23(21)25)18-7-5-6-17(14-18)15-24(26)30-2/h3-14,16H,15H2,1-2H3. The van der Waals surface area contributed by atoms with Crippen LogP contribution in [0, 0.1) is 0 Å². The summed E-state index contributed by atoms with van der Waals surface area (Å²) in [6.07, 6.45) is 1.77. The Morgan fingerprint density at radius 1 is 0.935 bits per heavy atom. The zero-order valence-corrected chi connectivity index (χ0v) is 17.9. The third-order valence-corrected chi connectivity index (χ3v) is 6.80.